The lowest BCUT2D eigenvalue weighted by molar-refractivity contribution is -0.0103. The van der Waals surface area contributed by atoms with Gasteiger partial charge in [0.2, 0.25) is 0 Å². The van der Waals surface area contributed by atoms with Gasteiger partial charge in [-0.05, 0) is 25.2 Å². The maximum absolute atomic E-state index is 10.3. The van der Waals surface area contributed by atoms with Crippen LogP contribution in [0.5, 0.6) is 0 Å². The summed E-state index contributed by atoms with van der Waals surface area (Å²) in [6.45, 7) is 5.04. The SMILES string of the molecule is CCCC1CCC(O)C(N2CCn3cnnc3C2)C1. The molecule has 1 saturated carbocycles. The maximum atomic E-state index is 10.3. The molecule has 0 aromatic carbocycles. The fourth-order valence-electron chi connectivity index (χ4n) is 3.65. The maximum Gasteiger partial charge on any atom is 0.147 e. The Morgan fingerprint density at radius 1 is 1.37 bits per heavy atom. The highest BCUT2D eigenvalue weighted by Crippen LogP contribution is 2.32. The Morgan fingerprint density at radius 2 is 2.26 bits per heavy atom. The second-order valence-electron chi connectivity index (χ2n) is 6.01. The number of aliphatic hydroxyl groups is 1. The van der Waals surface area contributed by atoms with Gasteiger partial charge in [0.15, 0.2) is 0 Å². The van der Waals surface area contributed by atoms with Gasteiger partial charge in [0, 0.05) is 19.1 Å². The van der Waals surface area contributed by atoms with Crippen LogP contribution in [0.1, 0.15) is 44.9 Å². The molecule has 1 N–H and O–H groups in total. The van der Waals surface area contributed by atoms with Crippen LogP contribution in [0.4, 0.5) is 0 Å². The molecule has 0 radical (unpaired) electrons. The first-order chi connectivity index (χ1) is 9.28. The molecule has 0 spiro atoms. The van der Waals surface area contributed by atoms with E-state index in [1.165, 1.54) is 19.3 Å². The van der Waals surface area contributed by atoms with Gasteiger partial charge >= 0.3 is 0 Å². The Balaban J connectivity index is 1.67. The predicted molar refractivity (Wildman–Crippen MR) is 72.5 cm³/mol. The van der Waals surface area contributed by atoms with Crippen molar-refractivity contribution in [1.82, 2.24) is 19.7 Å². The molecule has 1 aliphatic heterocycles. The van der Waals surface area contributed by atoms with Crippen molar-refractivity contribution in [3.63, 3.8) is 0 Å². The lowest BCUT2D eigenvalue weighted by atomic mass is 9.80. The van der Waals surface area contributed by atoms with Crippen LogP contribution in [0.2, 0.25) is 0 Å². The predicted octanol–water partition coefficient (Wildman–Crippen LogP) is 1.42. The zero-order chi connectivity index (χ0) is 13.2. The van der Waals surface area contributed by atoms with Crippen LogP contribution in [0, 0.1) is 5.92 Å². The van der Waals surface area contributed by atoms with Crippen molar-refractivity contribution >= 4 is 0 Å². The summed E-state index contributed by atoms with van der Waals surface area (Å²) in [6, 6.07) is 0.316. The third kappa shape index (κ3) is 2.67. The molecule has 3 rings (SSSR count). The molecule has 3 unspecified atom stereocenters. The molecule has 1 aromatic heterocycles. The van der Waals surface area contributed by atoms with Crippen molar-refractivity contribution in [2.75, 3.05) is 6.54 Å². The Hall–Kier alpha value is -0.940. The van der Waals surface area contributed by atoms with Crippen molar-refractivity contribution in [2.45, 2.75) is 64.3 Å². The average Bonchev–Trinajstić information content (AvgIpc) is 2.88. The molecule has 0 bridgehead atoms. The summed E-state index contributed by atoms with van der Waals surface area (Å²) in [6.07, 6.45) is 7.48. The number of rotatable bonds is 3. The third-order valence-electron chi connectivity index (χ3n) is 4.72. The number of aromatic nitrogens is 3. The molecule has 19 heavy (non-hydrogen) atoms. The van der Waals surface area contributed by atoms with Gasteiger partial charge in [0.25, 0.3) is 0 Å². The monoisotopic (exact) mass is 264 g/mol. The first-order valence-corrected chi connectivity index (χ1v) is 7.56. The molecule has 1 fully saturated rings. The second-order valence-corrected chi connectivity index (χ2v) is 6.01. The van der Waals surface area contributed by atoms with Crippen molar-refractivity contribution in [3.05, 3.63) is 12.2 Å². The summed E-state index contributed by atoms with van der Waals surface area (Å²) in [5.74, 6) is 1.83. The van der Waals surface area contributed by atoms with Crippen molar-refractivity contribution < 1.29 is 5.11 Å². The Morgan fingerprint density at radius 3 is 3.11 bits per heavy atom. The molecule has 0 amide bonds. The molecular weight excluding hydrogens is 240 g/mol. The normalized spacial score (nSPS) is 32.2. The first kappa shape index (κ1) is 13.1. The summed E-state index contributed by atoms with van der Waals surface area (Å²) >= 11 is 0. The number of fused-ring (bicyclic) bond motifs is 1. The second kappa shape index (κ2) is 5.59. The zero-order valence-corrected chi connectivity index (χ0v) is 11.7. The van der Waals surface area contributed by atoms with Gasteiger partial charge in [0.05, 0.1) is 12.6 Å². The molecule has 1 aromatic rings. The Bertz CT molecular complexity index is 419. The lowest BCUT2D eigenvalue weighted by Gasteiger charge is -2.42. The van der Waals surface area contributed by atoms with Crippen LogP contribution >= 0.6 is 0 Å². The van der Waals surface area contributed by atoms with Crippen LogP contribution in [0.3, 0.4) is 0 Å². The van der Waals surface area contributed by atoms with Crippen LogP contribution < -0.4 is 0 Å². The van der Waals surface area contributed by atoms with Gasteiger partial charge in [-0.1, -0.05) is 19.8 Å². The molecule has 106 valence electrons. The van der Waals surface area contributed by atoms with Crippen molar-refractivity contribution in [2.24, 2.45) is 5.92 Å². The Kier molecular flexibility index (Phi) is 3.84. The number of hydrogen-bond donors (Lipinski definition) is 1. The van der Waals surface area contributed by atoms with E-state index in [4.69, 9.17) is 0 Å². The number of hydrogen-bond acceptors (Lipinski definition) is 4. The average molecular weight is 264 g/mol. The summed E-state index contributed by atoms with van der Waals surface area (Å²) < 4.78 is 2.12. The summed E-state index contributed by atoms with van der Waals surface area (Å²) in [7, 11) is 0. The van der Waals surface area contributed by atoms with Gasteiger partial charge in [-0.3, -0.25) is 4.90 Å². The minimum atomic E-state index is -0.164. The topological polar surface area (TPSA) is 54.2 Å². The summed E-state index contributed by atoms with van der Waals surface area (Å²) in [4.78, 5) is 2.41. The molecule has 0 saturated heterocycles. The highest BCUT2D eigenvalue weighted by Gasteiger charge is 2.34. The van der Waals surface area contributed by atoms with Gasteiger partial charge in [0.1, 0.15) is 12.2 Å². The van der Waals surface area contributed by atoms with E-state index >= 15 is 0 Å². The van der Waals surface area contributed by atoms with E-state index in [0.717, 1.165) is 44.2 Å². The highest BCUT2D eigenvalue weighted by atomic mass is 16.3. The van der Waals surface area contributed by atoms with Crippen molar-refractivity contribution in [3.8, 4) is 0 Å². The number of nitrogens with zero attached hydrogens (tertiary/aromatic N) is 4. The van der Waals surface area contributed by atoms with Crippen LogP contribution in [0.25, 0.3) is 0 Å². The lowest BCUT2D eigenvalue weighted by Crippen LogP contribution is -2.50. The van der Waals surface area contributed by atoms with Gasteiger partial charge < -0.3 is 9.67 Å². The quantitative estimate of drug-likeness (QED) is 0.897. The van der Waals surface area contributed by atoms with Crippen LogP contribution in [0.15, 0.2) is 6.33 Å². The van der Waals surface area contributed by atoms with Crippen molar-refractivity contribution in [1.29, 1.82) is 0 Å². The smallest absolute Gasteiger partial charge is 0.147 e. The van der Waals surface area contributed by atoms with Crippen LogP contribution in [-0.4, -0.2) is 43.5 Å². The summed E-state index contributed by atoms with van der Waals surface area (Å²) in [5, 5.41) is 18.5. The third-order valence-corrected chi connectivity index (χ3v) is 4.72. The molecule has 5 heteroatoms. The molecule has 2 aliphatic rings. The molecule has 3 atom stereocenters. The van der Waals surface area contributed by atoms with E-state index in [1.54, 1.807) is 0 Å². The minimum Gasteiger partial charge on any atom is -0.391 e. The van der Waals surface area contributed by atoms with E-state index in [1.807, 2.05) is 6.33 Å². The first-order valence-electron chi connectivity index (χ1n) is 7.56. The van der Waals surface area contributed by atoms with E-state index < -0.39 is 0 Å². The van der Waals surface area contributed by atoms with E-state index in [2.05, 4.69) is 26.6 Å². The largest absolute Gasteiger partial charge is 0.391 e. The number of aliphatic hydroxyl groups excluding tert-OH is 1. The van der Waals surface area contributed by atoms with Gasteiger partial charge in [-0.15, -0.1) is 10.2 Å². The van der Waals surface area contributed by atoms with E-state index in [0.29, 0.717) is 6.04 Å². The standard InChI is InChI=1S/C14H24N4O/c1-2-3-11-4-5-13(19)12(8-11)17-6-7-18-10-15-16-14(18)9-17/h10-13,19H,2-9H2,1H3. The summed E-state index contributed by atoms with van der Waals surface area (Å²) in [5.41, 5.74) is 0. The van der Waals surface area contributed by atoms with Crippen LogP contribution in [-0.2, 0) is 13.1 Å². The van der Waals surface area contributed by atoms with Gasteiger partial charge in [-0.2, -0.15) is 0 Å². The molecular formula is C14H24N4O. The van der Waals surface area contributed by atoms with Gasteiger partial charge in [-0.25, -0.2) is 0 Å². The zero-order valence-electron chi connectivity index (χ0n) is 11.7. The van der Waals surface area contributed by atoms with E-state index in [9.17, 15) is 5.11 Å². The highest BCUT2D eigenvalue weighted by molar-refractivity contribution is 4.95. The molecule has 1 aliphatic carbocycles. The molecule has 5 nitrogen and oxygen atoms in total. The minimum absolute atomic E-state index is 0.164. The Labute approximate surface area is 114 Å². The molecule has 2 heterocycles. The fraction of sp³-hybridized carbons (Fsp3) is 0.857. The fourth-order valence-corrected chi connectivity index (χ4v) is 3.65. The van der Waals surface area contributed by atoms with E-state index in [-0.39, 0.29) is 6.10 Å².